The van der Waals surface area contributed by atoms with Crippen molar-refractivity contribution in [2.45, 2.75) is 17.6 Å². The monoisotopic (exact) mass is 362 g/mol. The van der Waals surface area contributed by atoms with Crippen LogP contribution in [-0.2, 0) is 10.5 Å². The molecule has 0 unspecified atom stereocenters. The van der Waals surface area contributed by atoms with Crippen molar-refractivity contribution in [2.75, 3.05) is 7.11 Å². The number of esters is 1. The van der Waals surface area contributed by atoms with E-state index < -0.39 is 5.97 Å². The Morgan fingerprint density at radius 1 is 1.08 bits per heavy atom. The summed E-state index contributed by atoms with van der Waals surface area (Å²) in [5, 5.41) is 10.7. The third-order valence-corrected chi connectivity index (χ3v) is 5.79. The van der Waals surface area contributed by atoms with E-state index in [0.29, 0.717) is 0 Å². The molecule has 3 aromatic carbocycles. The quantitative estimate of drug-likeness (QED) is 0.618. The highest BCUT2D eigenvalue weighted by molar-refractivity contribution is 7.98. The lowest BCUT2D eigenvalue weighted by Gasteiger charge is -2.25. The standard InChI is InChI=1S/C22H18O3S/c1-13-7-9-14(10-8-13)16-11-18(23)21(22(24)25-2)20-15-5-3-4-6-19(15)26-12-17(16)20/h3-11,23H,12H2,1-2H3. The van der Waals surface area contributed by atoms with Crippen LogP contribution in [0.1, 0.15) is 21.5 Å². The van der Waals surface area contributed by atoms with Gasteiger partial charge in [0, 0.05) is 16.2 Å². The lowest BCUT2D eigenvalue weighted by atomic mass is 9.87. The Hall–Kier alpha value is -2.72. The molecule has 26 heavy (non-hydrogen) atoms. The predicted molar refractivity (Wildman–Crippen MR) is 105 cm³/mol. The average Bonchev–Trinajstić information content (AvgIpc) is 2.67. The maximum atomic E-state index is 12.4. The van der Waals surface area contributed by atoms with Crippen LogP contribution in [0.2, 0.25) is 0 Å². The summed E-state index contributed by atoms with van der Waals surface area (Å²) in [4.78, 5) is 13.5. The van der Waals surface area contributed by atoms with Crippen LogP contribution >= 0.6 is 11.8 Å². The Kier molecular flexibility index (Phi) is 4.21. The van der Waals surface area contributed by atoms with Gasteiger partial charge in [-0.3, -0.25) is 0 Å². The summed E-state index contributed by atoms with van der Waals surface area (Å²) < 4.78 is 4.95. The van der Waals surface area contributed by atoms with Gasteiger partial charge in [0.1, 0.15) is 11.3 Å². The number of phenols is 1. The average molecular weight is 362 g/mol. The summed E-state index contributed by atoms with van der Waals surface area (Å²) in [6, 6.07) is 17.9. The van der Waals surface area contributed by atoms with E-state index in [-0.39, 0.29) is 11.3 Å². The van der Waals surface area contributed by atoms with Crippen LogP contribution in [-0.4, -0.2) is 18.2 Å². The third-order valence-electron chi connectivity index (χ3n) is 4.69. The van der Waals surface area contributed by atoms with Gasteiger partial charge in [-0.25, -0.2) is 4.79 Å². The van der Waals surface area contributed by atoms with Gasteiger partial charge in [-0.1, -0.05) is 48.0 Å². The topological polar surface area (TPSA) is 46.5 Å². The van der Waals surface area contributed by atoms with E-state index in [1.165, 1.54) is 12.7 Å². The van der Waals surface area contributed by atoms with Gasteiger partial charge in [-0.05, 0) is 41.3 Å². The molecule has 3 aromatic rings. The molecule has 0 saturated heterocycles. The molecular formula is C22H18O3S. The molecule has 0 atom stereocenters. The molecule has 1 aliphatic rings. The molecular weight excluding hydrogens is 344 g/mol. The van der Waals surface area contributed by atoms with Crippen molar-refractivity contribution < 1.29 is 14.6 Å². The normalized spacial score (nSPS) is 12.2. The highest BCUT2D eigenvalue weighted by Gasteiger charge is 2.29. The number of phenolic OH excluding ortho intramolecular Hbond substituents is 1. The summed E-state index contributed by atoms with van der Waals surface area (Å²) >= 11 is 1.74. The minimum Gasteiger partial charge on any atom is -0.507 e. The number of benzene rings is 3. The van der Waals surface area contributed by atoms with Crippen LogP contribution in [0.25, 0.3) is 22.3 Å². The Bertz CT molecular complexity index is 1010. The molecule has 0 fully saturated rings. The molecule has 1 N–H and O–H groups in total. The molecule has 0 radical (unpaired) electrons. The fourth-order valence-electron chi connectivity index (χ4n) is 3.41. The van der Waals surface area contributed by atoms with Gasteiger partial charge in [-0.2, -0.15) is 0 Å². The predicted octanol–water partition coefficient (Wildman–Crippen LogP) is 5.43. The van der Waals surface area contributed by atoms with E-state index in [4.69, 9.17) is 4.74 Å². The number of thioether (sulfide) groups is 1. The van der Waals surface area contributed by atoms with Gasteiger partial charge < -0.3 is 9.84 Å². The molecule has 4 heteroatoms. The Balaban J connectivity index is 2.06. The number of aromatic hydroxyl groups is 1. The van der Waals surface area contributed by atoms with E-state index in [0.717, 1.165) is 38.5 Å². The largest absolute Gasteiger partial charge is 0.507 e. The Morgan fingerprint density at radius 2 is 1.81 bits per heavy atom. The highest BCUT2D eigenvalue weighted by Crippen LogP contribution is 2.49. The molecule has 0 spiro atoms. The van der Waals surface area contributed by atoms with E-state index >= 15 is 0 Å². The van der Waals surface area contributed by atoms with E-state index in [1.807, 2.05) is 43.3 Å². The minimum atomic E-state index is -0.518. The van der Waals surface area contributed by atoms with Gasteiger partial charge in [0.15, 0.2) is 0 Å². The van der Waals surface area contributed by atoms with Crippen molar-refractivity contribution >= 4 is 17.7 Å². The molecule has 4 rings (SSSR count). The molecule has 0 aliphatic carbocycles. The zero-order valence-corrected chi connectivity index (χ0v) is 15.4. The first-order valence-corrected chi connectivity index (χ1v) is 9.35. The second-order valence-electron chi connectivity index (χ2n) is 6.31. The molecule has 0 amide bonds. The number of hydrogen-bond acceptors (Lipinski definition) is 4. The molecule has 0 aromatic heterocycles. The van der Waals surface area contributed by atoms with Crippen molar-refractivity contribution in [1.29, 1.82) is 0 Å². The maximum Gasteiger partial charge on any atom is 0.342 e. The number of rotatable bonds is 2. The van der Waals surface area contributed by atoms with E-state index in [9.17, 15) is 9.90 Å². The van der Waals surface area contributed by atoms with Gasteiger partial charge in [0.05, 0.1) is 7.11 Å². The number of carbonyl (C=O) groups is 1. The van der Waals surface area contributed by atoms with Gasteiger partial charge >= 0.3 is 5.97 Å². The molecule has 1 aliphatic heterocycles. The SMILES string of the molecule is COC(=O)c1c(O)cc(-c2ccc(C)cc2)c2c1-c1ccccc1SC2. The number of aryl methyl sites for hydroxylation is 1. The first-order chi connectivity index (χ1) is 12.6. The van der Waals surface area contributed by atoms with E-state index in [1.54, 1.807) is 17.8 Å². The zero-order valence-electron chi connectivity index (χ0n) is 14.6. The van der Waals surface area contributed by atoms with Crippen molar-refractivity contribution in [1.82, 2.24) is 0 Å². The van der Waals surface area contributed by atoms with Crippen LogP contribution in [0.3, 0.4) is 0 Å². The lowest BCUT2D eigenvalue weighted by Crippen LogP contribution is -2.10. The number of ether oxygens (including phenoxy) is 1. The third kappa shape index (κ3) is 2.67. The van der Waals surface area contributed by atoms with Gasteiger partial charge in [0.25, 0.3) is 0 Å². The highest BCUT2D eigenvalue weighted by atomic mass is 32.2. The fourth-order valence-corrected chi connectivity index (χ4v) is 4.51. The summed E-state index contributed by atoms with van der Waals surface area (Å²) in [6.45, 7) is 2.04. The maximum absolute atomic E-state index is 12.4. The van der Waals surface area contributed by atoms with Crippen molar-refractivity contribution in [3.8, 4) is 28.0 Å². The molecule has 0 saturated carbocycles. The second kappa shape index (κ2) is 6.54. The number of hydrogen-bond donors (Lipinski definition) is 1. The van der Waals surface area contributed by atoms with Crippen molar-refractivity contribution in [2.24, 2.45) is 0 Å². The fraction of sp³-hybridized carbons (Fsp3) is 0.136. The Labute approximate surface area is 156 Å². The van der Waals surface area contributed by atoms with Crippen molar-refractivity contribution in [3.63, 3.8) is 0 Å². The summed E-state index contributed by atoms with van der Waals surface area (Å²) in [6.07, 6.45) is 0. The second-order valence-corrected chi connectivity index (χ2v) is 7.33. The van der Waals surface area contributed by atoms with E-state index in [2.05, 4.69) is 12.1 Å². The van der Waals surface area contributed by atoms with Crippen LogP contribution in [0.15, 0.2) is 59.5 Å². The number of fused-ring (bicyclic) bond motifs is 3. The van der Waals surface area contributed by atoms with Crippen LogP contribution in [0, 0.1) is 6.92 Å². The zero-order chi connectivity index (χ0) is 18.3. The first-order valence-electron chi connectivity index (χ1n) is 8.36. The Morgan fingerprint density at radius 3 is 2.54 bits per heavy atom. The van der Waals surface area contributed by atoms with Crippen LogP contribution in [0.4, 0.5) is 0 Å². The van der Waals surface area contributed by atoms with Gasteiger partial charge in [-0.15, -0.1) is 11.8 Å². The van der Waals surface area contributed by atoms with Crippen LogP contribution < -0.4 is 0 Å². The van der Waals surface area contributed by atoms with Gasteiger partial charge in [0.2, 0.25) is 0 Å². The van der Waals surface area contributed by atoms with Crippen molar-refractivity contribution in [3.05, 3.63) is 71.3 Å². The molecule has 130 valence electrons. The summed E-state index contributed by atoms with van der Waals surface area (Å²) in [5.41, 5.74) is 6.19. The molecule has 1 heterocycles. The smallest absolute Gasteiger partial charge is 0.342 e. The number of methoxy groups -OCH3 is 1. The molecule has 3 nitrogen and oxygen atoms in total. The first kappa shape index (κ1) is 16.7. The lowest BCUT2D eigenvalue weighted by molar-refractivity contribution is 0.0598. The summed E-state index contributed by atoms with van der Waals surface area (Å²) in [7, 11) is 1.34. The number of carbonyl (C=O) groups excluding carboxylic acids is 1. The summed E-state index contributed by atoms with van der Waals surface area (Å²) in [5.74, 6) is 0.170. The minimum absolute atomic E-state index is 0.0483. The molecule has 0 bridgehead atoms. The van der Waals surface area contributed by atoms with Crippen LogP contribution in [0.5, 0.6) is 5.75 Å².